The van der Waals surface area contributed by atoms with Crippen LogP contribution in [0.25, 0.3) is 28.2 Å². The van der Waals surface area contributed by atoms with Gasteiger partial charge in [0, 0.05) is 23.5 Å². The fourth-order valence-electron chi connectivity index (χ4n) is 3.37. The van der Waals surface area contributed by atoms with E-state index >= 15 is 0 Å². The summed E-state index contributed by atoms with van der Waals surface area (Å²) in [6, 6.07) is 24.6. The van der Waals surface area contributed by atoms with E-state index in [4.69, 9.17) is 10.7 Å². The van der Waals surface area contributed by atoms with Gasteiger partial charge in [-0.2, -0.15) is 20.0 Å². The largest absolute Gasteiger partial charge is 0.382 e. The van der Waals surface area contributed by atoms with Gasteiger partial charge in [-0.3, -0.25) is 4.98 Å². The molecule has 32 heavy (non-hydrogen) atoms. The predicted molar refractivity (Wildman–Crippen MR) is 121 cm³/mol. The van der Waals surface area contributed by atoms with Crippen LogP contribution in [-0.4, -0.2) is 19.6 Å². The molecule has 8 nitrogen and oxygen atoms in total. The molecule has 0 aliphatic rings. The van der Waals surface area contributed by atoms with E-state index in [1.807, 2.05) is 72.8 Å². The van der Waals surface area contributed by atoms with Crippen molar-refractivity contribution in [2.45, 2.75) is 0 Å². The first-order valence-corrected chi connectivity index (χ1v) is 9.81. The van der Waals surface area contributed by atoms with Crippen molar-refractivity contribution in [2.24, 2.45) is 10.2 Å². The molecule has 152 valence electrons. The second-order valence-electron chi connectivity index (χ2n) is 6.90. The van der Waals surface area contributed by atoms with E-state index in [2.05, 4.69) is 26.4 Å². The first-order chi connectivity index (χ1) is 15.8. The van der Waals surface area contributed by atoms with Crippen LogP contribution in [0.1, 0.15) is 5.56 Å². The van der Waals surface area contributed by atoms with Gasteiger partial charge < -0.3 is 5.73 Å². The van der Waals surface area contributed by atoms with Gasteiger partial charge in [0.2, 0.25) is 0 Å². The Morgan fingerprint density at radius 2 is 1.47 bits per heavy atom. The van der Waals surface area contributed by atoms with Gasteiger partial charge in [0.1, 0.15) is 23.1 Å². The van der Waals surface area contributed by atoms with E-state index < -0.39 is 0 Å². The van der Waals surface area contributed by atoms with Crippen molar-refractivity contribution in [3.8, 4) is 28.6 Å². The standard InChI is InChI=1S/C24H16N8/c25-15-19-20(16-7-3-1-4-8-16)28-24-22(30-29-18-9-5-2-6-10-18)21(31-32(24)23(19)26)17-11-13-27-14-12-17/h1-14H,26H2. The fraction of sp³-hybridized carbons (Fsp3) is 0. The average molecular weight is 416 g/mol. The quantitative estimate of drug-likeness (QED) is 0.397. The predicted octanol–water partition coefficient (Wildman–Crippen LogP) is 5.33. The number of nitrogen functional groups attached to an aromatic ring is 1. The lowest BCUT2D eigenvalue weighted by atomic mass is 10.1. The third kappa shape index (κ3) is 3.34. The molecule has 3 heterocycles. The van der Waals surface area contributed by atoms with Crippen molar-refractivity contribution >= 4 is 22.8 Å². The van der Waals surface area contributed by atoms with Crippen LogP contribution in [0.2, 0.25) is 0 Å². The molecule has 2 aromatic carbocycles. The van der Waals surface area contributed by atoms with E-state index in [-0.39, 0.29) is 11.4 Å². The number of nitriles is 1. The molecular formula is C24H16N8. The van der Waals surface area contributed by atoms with Gasteiger partial charge in [0.05, 0.1) is 11.4 Å². The Kier molecular flexibility index (Phi) is 4.82. The molecule has 0 saturated carbocycles. The average Bonchev–Trinajstić information content (AvgIpc) is 3.23. The number of azo groups is 1. The van der Waals surface area contributed by atoms with Gasteiger partial charge in [-0.15, -0.1) is 5.11 Å². The zero-order valence-electron chi connectivity index (χ0n) is 16.8. The minimum absolute atomic E-state index is 0.188. The summed E-state index contributed by atoms with van der Waals surface area (Å²) in [5, 5.41) is 23.3. The Labute approximate surface area is 183 Å². The molecular weight excluding hydrogens is 400 g/mol. The molecule has 0 spiro atoms. The fourth-order valence-corrected chi connectivity index (χ4v) is 3.37. The van der Waals surface area contributed by atoms with Crippen molar-refractivity contribution in [2.75, 3.05) is 5.73 Å². The number of anilines is 1. The topological polar surface area (TPSA) is 118 Å². The number of pyridine rings is 1. The number of nitrogens with zero attached hydrogens (tertiary/aromatic N) is 7. The van der Waals surface area contributed by atoms with E-state index in [1.165, 1.54) is 4.52 Å². The van der Waals surface area contributed by atoms with Crippen LogP contribution in [0.5, 0.6) is 0 Å². The van der Waals surface area contributed by atoms with Crippen LogP contribution in [0, 0.1) is 11.3 Å². The number of hydrogen-bond acceptors (Lipinski definition) is 7. The molecule has 8 heteroatoms. The number of rotatable bonds is 4. The molecule has 0 fully saturated rings. The molecule has 3 aromatic heterocycles. The molecule has 0 radical (unpaired) electrons. The maximum atomic E-state index is 9.80. The lowest BCUT2D eigenvalue weighted by Crippen LogP contribution is -2.06. The normalized spacial score (nSPS) is 11.1. The molecule has 0 unspecified atom stereocenters. The number of fused-ring (bicyclic) bond motifs is 1. The summed E-state index contributed by atoms with van der Waals surface area (Å²) in [5.74, 6) is 0.188. The maximum Gasteiger partial charge on any atom is 0.186 e. The molecule has 0 aliphatic carbocycles. The highest BCUT2D eigenvalue weighted by molar-refractivity contribution is 5.86. The van der Waals surface area contributed by atoms with Crippen LogP contribution in [0.3, 0.4) is 0 Å². The summed E-state index contributed by atoms with van der Waals surface area (Å²) in [5.41, 5.74) is 10.8. The monoisotopic (exact) mass is 416 g/mol. The third-order valence-corrected chi connectivity index (χ3v) is 4.91. The van der Waals surface area contributed by atoms with Gasteiger partial charge in [0.25, 0.3) is 0 Å². The highest BCUT2D eigenvalue weighted by Gasteiger charge is 2.22. The molecule has 0 amide bonds. The Bertz CT molecular complexity index is 1470. The van der Waals surface area contributed by atoms with E-state index in [1.54, 1.807) is 12.4 Å². The van der Waals surface area contributed by atoms with Crippen molar-refractivity contribution in [1.29, 1.82) is 5.26 Å². The van der Waals surface area contributed by atoms with E-state index in [0.717, 1.165) is 11.1 Å². The van der Waals surface area contributed by atoms with Gasteiger partial charge in [-0.1, -0.05) is 48.5 Å². The van der Waals surface area contributed by atoms with Crippen LogP contribution in [0.4, 0.5) is 17.2 Å². The Balaban J connectivity index is 1.81. The zero-order chi connectivity index (χ0) is 21.9. The van der Waals surface area contributed by atoms with Crippen LogP contribution >= 0.6 is 0 Å². The van der Waals surface area contributed by atoms with E-state index in [9.17, 15) is 5.26 Å². The lowest BCUT2D eigenvalue weighted by molar-refractivity contribution is 0.953. The van der Waals surface area contributed by atoms with Gasteiger partial charge in [0.15, 0.2) is 11.3 Å². The van der Waals surface area contributed by atoms with Gasteiger partial charge in [-0.05, 0) is 24.3 Å². The first kappa shape index (κ1) is 19.1. The summed E-state index contributed by atoms with van der Waals surface area (Å²) in [4.78, 5) is 8.84. The lowest BCUT2D eigenvalue weighted by Gasteiger charge is -2.08. The van der Waals surface area contributed by atoms with Crippen molar-refractivity contribution < 1.29 is 0 Å². The molecule has 0 bridgehead atoms. The van der Waals surface area contributed by atoms with Crippen molar-refractivity contribution in [3.05, 3.63) is 90.8 Å². The zero-order valence-corrected chi connectivity index (χ0v) is 16.8. The molecule has 5 aromatic rings. The van der Waals surface area contributed by atoms with E-state index in [0.29, 0.717) is 28.4 Å². The Hall–Kier alpha value is -4.90. The number of nitrogens with two attached hydrogens (primary N) is 1. The number of hydrogen-bond donors (Lipinski definition) is 1. The second-order valence-corrected chi connectivity index (χ2v) is 6.90. The smallest absolute Gasteiger partial charge is 0.186 e. The summed E-state index contributed by atoms with van der Waals surface area (Å²) in [6.45, 7) is 0. The molecule has 0 aliphatic heterocycles. The van der Waals surface area contributed by atoms with Gasteiger partial charge in [-0.25, -0.2) is 4.98 Å². The molecule has 5 rings (SSSR count). The summed E-state index contributed by atoms with van der Waals surface area (Å²) >= 11 is 0. The highest BCUT2D eigenvalue weighted by atomic mass is 15.3. The van der Waals surface area contributed by atoms with Crippen LogP contribution < -0.4 is 5.73 Å². The minimum Gasteiger partial charge on any atom is -0.382 e. The summed E-state index contributed by atoms with van der Waals surface area (Å²) < 4.78 is 1.44. The van der Waals surface area contributed by atoms with Crippen LogP contribution in [0.15, 0.2) is 95.4 Å². The van der Waals surface area contributed by atoms with Gasteiger partial charge >= 0.3 is 0 Å². The van der Waals surface area contributed by atoms with Crippen molar-refractivity contribution in [3.63, 3.8) is 0 Å². The first-order valence-electron chi connectivity index (χ1n) is 9.81. The third-order valence-electron chi connectivity index (χ3n) is 4.91. The molecule has 0 saturated heterocycles. The SMILES string of the molecule is N#Cc1c(-c2ccccc2)nc2c(N=Nc3ccccc3)c(-c3ccncc3)nn2c1N. The minimum atomic E-state index is 0.188. The number of aromatic nitrogens is 4. The number of benzene rings is 2. The molecule has 2 N–H and O–H groups in total. The van der Waals surface area contributed by atoms with Crippen molar-refractivity contribution in [1.82, 2.24) is 19.6 Å². The Morgan fingerprint density at radius 1 is 0.812 bits per heavy atom. The Morgan fingerprint density at radius 3 is 2.16 bits per heavy atom. The highest BCUT2D eigenvalue weighted by Crippen LogP contribution is 2.37. The maximum absolute atomic E-state index is 9.80. The summed E-state index contributed by atoms with van der Waals surface area (Å²) in [6.07, 6.45) is 3.34. The summed E-state index contributed by atoms with van der Waals surface area (Å²) in [7, 11) is 0. The second kappa shape index (κ2) is 8.08. The molecule has 0 atom stereocenters. The van der Waals surface area contributed by atoms with Crippen LogP contribution in [-0.2, 0) is 0 Å².